The molecule has 0 saturated carbocycles. The summed E-state index contributed by atoms with van der Waals surface area (Å²) in [5.41, 5.74) is 2.67. The summed E-state index contributed by atoms with van der Waals surface area (Å²) in [6.07, 6.45) is 1.14. The molecular weight excluding hydrogens is 433 g/mol. The number of hydrogen-bond acceptors (Lipinski definition) is 4. The van der Waals surface area contributed by atoms with Crippen LogP contribution in [-0.2, 0) is 11.3 Å². The number of imidazole rings is 1. The summed E-state index contributed by atoms with van der Waals surface area (Å²) >= 11 is 0. The number of benzene rings is 3. The molecule has 1 amide bonds. The van der Waals surface area contributed by atoms with Gasteiger partial charge in [0.2, 0.25) is 5.91 Å². The minimum Gasteiger partial charge on any atom is -0.493 e. The average molecular weight is 460 g/mol. The number of fused-ring (bicyclic) bond motifs is 1. The maximum Gasteiger partial charge on any atom is 0.227 e. The normalized spacial score (nSPS) is 15.8. The molecule has 3 aromatic carbocycles. The Morgan fingerprint density at radius 3 is 2.53 bits per heavy atom. The van der Waals surface area contributed by atoms with Crippen molar-refractivity contribution in [2.45, 2.75) is 25.3 Å². The number of hydrogen-bond donors (Lipinski definition) is 0. The van der Waals surface area contributed by atoms with Gasteiger partial charge in [-0.2, -0.15) is 0 Å². The SMILES string of the molecule is COc1ccccc1OCCCn1c([C@H]2CC(=O)N(c3ccc(F)cc3)C2)nc2ccccc21. The van der Waals surface area contributed by atoms with Crippen molar-refractivity contribution in [3.63, 3.8) is 0 Å². The highest BCUT2D eigenvalue weighted by Crippen LogP contribution is 2.33. The van der Waals surface area contributed by atoms with Gasteiger partial charge in [0.1, 0.15) is 11.6 Å². The van der Waals surface area contributed by atoms with Crippen molar-refractivity contribution in [2.75, 3.05) is 25.2 Å². The van der Waals surface area contributed by atoms with Gasteiger partial charge in [-0.25, -0.2) is 9.37 Å². The fourth-order valence-corrected chi connectivity index (χ4v) is 4.53. The Balaban J connectivity index is 1.34. The molecule has 0 aliphatic carbocycles. The highest BCUT2D eigenvalue weighted by atomic mass is 19.1. The smallest absolute Gasteiger partial charge is 0.227 e. The number of carbonyl (C=O) groups is 1. The molecule has 4 aromatic rings. The molecule has 0 N–H and O–H groups in total. The standard InChI is InChI=1S/C27H26FN3O3/c1-33-24-9-4-5-10-25(24)34-16-6-15-30-23-8-3-2-7-22(23)29-27(30)19-17-26(32)31(18-19)21-13-11-20(28)12-14-21/h2-5,7-14,19H,6,15-18H2,1H3/t19-/m0/s1. The number of halogens is 1. The van der Waals surface area contributed by atoms with Crippen molar-refractivity contribution in [2.24, 2.45) is 0 Å². The molecule has 0 bridgehead atoms. The first-order chi connectivity index (χ1) is 16.6. The van der Waals surface area contributed by atoms with Crippen LogP contribution in [0.3, 0.4) is 0 Å². The fourth-order valence-electron chi connectivity index (χ4n) is 4.53. The van der Waals surface area contributed by atoms with E-state index >= 15 is 0 Å². The monoisotopic (exact) mass is 459 g/mol. The predicted molar refractivity (Wildman–Crippen MR) is 129 cm³/mol. The summed E-state index contributed by atoms with van der Waals surface area (Å²) in [6, 6.07) is 21.7. The van der Waals surface area contributed by atoms with E-state index in [1.807, 2.05) is 42.5 Å². The molecule has 0 unspecified atom stereocenters. The minimum absolute atomic E-state index is 0.0229. The first kappa shape index (κ1) is 21.9. The first-order valence-electron chi connectivity index (χ1n) is 11.4. The molecule has 0 spiro atoms. The second-order valence-electron chi connectivity index (χ2n) is 8.35. The maximum absolute atomic E-state index is 13.3. The third-order valence-electron chi connectivity index (χ3n) is 6.17. The summed E-state index contributed by atoms with van der Waals surface area (Å²) in [5, 5.41) is 0. The van der Waals surface area contributed by atoms with E-state index in [2.05, 4.69) is 10.6 Å². The van der Waals surface area contributed by atoms with Crippen LogP contribution in [-0.4, -0.2) is 35.7 Å². The third kappa shape index (κ3) is 4.33. The van der Waals surface area contributed by atoms with Gasteiger partial charge < -0.3 is 18.9 Å². The fraction of sp³-hybridized carbons (Fsp3) is 0.259. The summed E-state index contributed by atoms with van der Waals surface area (Å²) in [7, 11) is 1.63. The summed E-state index contributed by atoms with van der Waals surface area (Å²) in [4.78, 5) is 19.4. The number of rotatable bonds is 8. The van der Waals surface area contributed by atoms with Gasteiger partial charge in [0.15, 0.2) is 11.5 Å². The Bertz CT molecular complexity index is 1300. The van der Waals surface area contributed by atoms with Gasteiger partial charge in [0, 0.05) is 31.1 Å². The van der Waals surface area contributed by atoms with Gasteiger partial charge in [-0.05, 0) is 55.0 Å². The third-order valence-corrected chi connectivity index (χ3v) is 6.17. The van der Waals surface area contributed by atoms with Gasteiger partial charge in [-0.15, -0.1) is 0 Å². The largest absolute Gasteiger partial charge is 0.493 e. The summed E-state index contributed by atoms with van der Waals surface area (Å²) < 4.78 is 26.9. The predicted octanol–water partition coefficient (Wildman–Crippen LogP) is 5.17. The summed E-state index contributed by atoms with van der Waals surface area (Å²) in [6.45, 7) is 1.76. The maximum atomic E-state index is 13.3. The zero-order chi connectivity index (χ0) is 23.5. The molecule has 1 aromatic heterocycles. The highest BCUT2D eigenvalue weighted by Gasteiger charge is 2.34. The number of nitrogens with zero attached hydrogens (tertiary/aromatic N) is 3. The number of anilines is 1. The molecular formula is C27H26FN3O3. The van der Waals surface area contributed by atoms with Crippen molar-refractivity contribution >= 4 is 22.6 Å². The molecule has 7 heteroatoms. The second-order valence-corrected chi connectivity index (χ2v) is 8.35. The van der Waals surface area contributed by atoms with Gasteiger partial charge in [-0.3, -0.25) is 4.79 Å². The Kier molecular flexibility index (Phi) is 6.16. The van der Waals surface area contributed by atoms with Crippen molar-refractivity contribution in [1.29, 1.82) is 0 Å². The Hall–Kier alpha value is -3.87. The molecule has 2 heterocycles. The topological polar surface area (TPSA) is 56.6 Å². The molecule has 6 nitrogen and oxygen atoms in total. The van der Waals surface area contributed by atoms with Gasteiger partial charge in [0.05, 0.1) is 24.8 Å². The van der Waals surface area contributed by atoms with Crippen LogP contribution in [0, 0.1) is 5.82 Å². The molecule has 0 radical (unpaired) electrons. The van der Waals surface area contributed by atoms with Crippen molar-refractivity contribution in [3.8, 4) is 11.5 Å². The van der Waals surface area contributed by atoms with Gasteiger partial charge in [0.25, 0.3) is 0 Å². The van der Waals surface area contributed by atoms with Crippen LogP contribution in [0.1, 0.15) is 24.6 Å². The lowest BCUT2D eigenvalue weighted by Gasteiger charge is -2.17. The van der Waals surface area contributed by atoms with E-state index in [0.29, 0.717) is 37.6 Å². The van der Waals surface area contributed by atoms with Crippen molar-refractivity contribution in [3.05, 3.63) is 84.4 Å². The number of methoxy groups -OCH3 is 1. The van der Waals surface area contributed by atoms with Crippen LogP contribution in [0.5, 0.6) is 11.5 Å². The van der Waals surface area contributed by atoms with E-state index in [9.17, 15) is 9.18 Å². The zero-order valence-corrected chi connectivity index (χ0v) is 19.0. The lowest BCUT2D eigenvalue weighted by molar-refractivity contribution is -0.117. The van der Waals surface area contributed by atoms with Crippen LogP contribution in [0.4, 0.5) is 10.1 Å². The van der Waals surface area contributed by atoms with Crippen LogP contribution >= 0.6 is 0 Å². The van der Waals surface area contributed by atoms with E-state index in [-0.39, 0.29) is 17.6 Å². The van der Waals surface area contributed by atoms with E-state index in [4.69, 9.17) is 14.5 Å². The van der Waals surface area contributed by atoms with Crippen LogP contribution in [0.25, 0.3) is 11.0 Å². The molecule has 1 fully saturated rings. The van der Waals surface area contributed by atoms with Crippen LogP contribution in [0.15, 0.2) is 72.8 Å². The van der Waals surface area contributed by atoms with Crippen LogP contribution < -0.4 is 14.4 Å². The van der Waals surface area contributed by atoms with E-state index in [1.165, 1.54) is 12.1 Å². The number of aryl methyl sites for hydroxylation is 1. The van der Waals surface area contributed by atoms with E-state index in [0.717, 1.165) is 29.0 Å². The number of carbonyl (C=O) groups excluding carboxylic acids is 1. The number of aromatic nitrogens is 2. The summed E-state index contributed by atoms with van der Waals surface area (Å²) in [5.74, 6) is 1.99. The molecule has 1 saturated heterocycles. The number of ether oxygens (including phenoxy) is 2. The molecule has 1 atom stereocenters. The lowest BCUT2D eigenvalue weighted by atomic mass is 10.1. The Morgan fingerprint density at radius 1 is 1.00 bits per heavy atom. The van der Waals surface area contributed by atoms with E-state index < -0.39 is 0 Å². The molecule has 1 aliphatic heterocycles. The van der Waals surface area contributed by atoms with Crippen molar-refractivity contribution < 1.29 is 18.7 Å². The molecule has 1 aliphatic rings. The Labute approximate surface area is 197 Å². The van der Waals surface area contributed by atoms with Crippen molar-refractivity contribution in [1.82, 2.24) is 9.55 Å². The zero-order valence-electron chi connectivity index (χ0n) is 19.0. The minimum atomic E-state index is -0.316. The molecule has 34 heavy (non-hydrogen) atoms. The quantitative estimate of drug-likeness (QED) is 0.341. The lowest BCUT2D eigenvalue weighted by Crippen LogP contribution is -2.24. The van der Waals surface area contributed by atoms with E-state index in [1.54, 1.807) is 24.1 Å². The second kappa shape index (κ2) is 9.55. The number of para-hydroxylation sites is 4. The van der Waals surface area contributed by atoms with Gasteiger partial charge >= 0.3 is 0 Å². The molecule has 174 valence electrons. The molecule has 5 rings (SSSR count). The Morgan fingerprint density at radius 2 is 1.74 bits per heavy atom. The van der Waals surface area contributed by atoms with Gasteiger partial charge in [-0.1, -0.05) is 24.3 Å². The van der Waals surface area contributed by atoms with Crippen LogP contribution in [0.2, 0.25) is 0 Å². The average Bonchev–Trinajstić information content (AvgIpc) is 3.43. The highest BCUT2D eigenvalue weighted by molar-refractivity contribution is 5.96. The number of amides is 1. The first-order valence-corrected chi connectivity index (χ1v) is 11.4.